The van der Waals surface area contributed by atoms with Gasteiger partial charge in [0.1, 0.15) is 17.9 Å². The predicted octanol–water partition coefficient (Wildman–Crippen LogP) is 3.10. The third-order valence-electron chi connectivity index (χ3n) is 4.32. The lowest BCUT2D eigenvalue weighted by atomic mass is 10.1. The number of likely N-dealkylation sites (N-methyl/N-ethyl adjacent to an activating group) is 1. The molecule has 7 nitrogen and oxygen atoms in total. The van der Waals surface area contributed by atoms with Gasteiger partial charge in [0.2, 0.25) is 5.91 Å². The van der Waals surface area contributed by atoms with Crippen LogP contribution >= 0.6 is 11.6 Å². The Balaban J connectivity index is 1.94. The van der Waals surface area contributed by atoms with E-state index in [1.165, 1.54) is 24.5 Å². The summed E-state index contributed by atoms with van der Waals surface area (Å²) in [6, 6.07) is 7.36. The molecule has 28 heavy (non-hydrogen) atoms. The summed E-state index contributed by atoms with van der Waals surface area (Å²) in [7, 11) is 1.68. The standard InChI is InChI=1S/C19H19ClFN5O2/c1-10(22-2)19(28)23-8-11-6-12-15(7-16(11)27)24-9-25-18(12)26-14-5-3-4-13(20)17(14)21/h3-7,9-10,22,27H,8H2,1-2H3,(H,23,28)(H,24,25,26)/t10-/m1/s1. The number of nitrogens with one attached hydrogen (secondary N) is 3. The fourth-order valence-corrected chi connectivity index (χ4v) is 2.75. The van der Waals surface area contributed by atoms with Crippen molar-refractivity contribution < 1.29 is 14.3 Å². The van der Waals surface area contributed by atoms with Gasteiger partial charge in [-0.05, 0) is 32.2 Å². The van der Waals surface area contributed by atoms with Crippen molar-refractivity contribution >= 4 is 39.9 Å². The molecule has 1 aromatic heterocycles. The Bertz CT molecular complexity index is 1030. The quantitative estimate of drug-likeness (QED) is 0.504. The number of aromatic nitrogens is 2. The minimum Gasteiger partial charge on any atom is -0.508 e. The second kappa shape index (κ2) is 8.37. The average molecular weight is 404 g/mol. The number of amides is 1. The van der Waals surface area contributed by atoms with E-state index in [2.05, 4.69) is 25.9 Å². The van der Waals surface area contributed by atoms with Gasteiger partial charge in [-0.25, -0.2) is 14.4 Å². The number of rotatable bonds is 6. The number of hydrogen-bond acceptors (Lipinski definition) is 6. The van der Waals surface area contributed by atoms with E-state index in [1.54, 1.807) is 26.1 Å². The number of carbonyl (C=O) groups is 1. The van der Waals surface area contributed by atoms with Crippen molar-refractivity contribution in [2.45, 2.75) is 19.5 Å². The fraction of sp³-hybridized carbons (Fsp3) is 0.211. The van der Waals surface area contributed by atoms with E-state index in [1.807, 2.05) is 0 Å². The normalized spacial score (nSPS) is 12.0. The van der Waals surface area contributed by atoms with E-state index in [-0.39, 0.29) is 35.0 Å². The number of carbonyl (C=O) groups excluding carboxylic acids is 1. The monoisotopic (exact) mass is 403 g/mol. The zero-order chi connectivity index (χ0) is 20.3. The molecule has 0 radical (unpaired) electrons. The number of aromatic hydroxyl groups is 1. The van der Waals surface area contributed by atoms with Crippen LogP contribution in [0.25, 0.3) is 10.9 Å². The smallest absolute Gasteiger partial charge is 0.237 e. The van der Waals surface area contributed by atoms with Gasteiger partial charge in [-0.1, -0.05) is 17.7 Å². The van der Waals surface area contributed by atoms with Gasteiger partial charge in [-0.2, -0.15) is 0 Å². The fourth-order valence-electron chi connectivity index (χ4n) is 2.57. The Hall–Kier alpha value is -2.97. The topological polar surface area (TPSA) is 99.2 Å². The van der Waals surface area contributed by atoms with Gasteiger partial charge in [-0.15, -0.1) is 0 Å². The highest BCUT2D eigenvalue weighted by molar-refractivity contribution is 6.31. The molecular weight excluding hydrogens is 385 g/mol. The van der Waals surface area contributed by atoms with E-state index < -0.39 is 5.82 Å². The van der Waals surface area contributed by atoms with Gasteiger partial charge in [0, 0.05) is 23.6 Å². The Morgan fingerprint density at radius 3 is 2.86 bits per heavy atom. The van der Waals surface area contributed by atoms with E-state index in [0.29, 0.717) is 22.3 Å². The molecule has 0 bridgehead atoms. The number of halogens is 2. The Morgan fingerprint density at radius 2 is 2.11 bits per heavy atom. The van der Waals surface area contributed by atoms with Gasteiger partial charge < -0.3 is 21.1 Å². The SMILES string of the molecule is CN[C@H](C)C(=O)NCc1cc2c(Nc3cccc(Cl)c3F)ncnc2cc1O. The average Bonchev–Trinajstić information content (AvgIpc) is 2.69. The molecule has 0 saturated carbocycles. The second-order valence-electron chi connectivity index (χ2n) is 6.17. The van der Waals surface area contributed by atoms with Crippen molar-refractivity contribution in [1.82, 2.24) is 20.6 Å². The first kappa shape index (κ1) is 19.8. The minimum atomic E-state index is -0.594. The van der Waals surface area contributed by atoms with E-state index in [9.17, 15) is 14.3 Å². The van der Waals surface area contributed by atoms with Crippen LogP contribution in [0.2, 0.25) is 5.02 Å². The number of hydrogen-bond donors (Lipinski definition) is 4. The Labute approximate surface area is 166 Å². The summed E-state index contributed by atoms with van der Waals surface area (Å²) in [5.74, 6) is -0.459. The van der Waals surface area contributed by atoms with Gasteiger partial charge in [-0.3, -0.25) is 4.79 Å². The van der Waals surface area contributed by atoms with Crippen molar-refractivity contribution in [2.24, 2.45) is 0 Å². The van der Waals surface area contributed by atoms with Crippen LogP contribution in [0.1, 0.15) is 12.5 Å². The summed E-state index contributed by atoms with van der Waals surface area (Å²) in [5, 5.41) is 19.3. The highest BCUT2D eigenvalue weighted by Gasteiger charge is 2.14. The molecule has 0 fully saturated rings. The maximum Gasteiger partial charge on any atom is 0.237 e. The number of nitrogens with zero attached hydrogens (tertiary/aromatic N) is 2. The van der Waals surface area contributed by atoms with Gasteiger partial charge in [0.25, 0.3) is 0 Å². The van der Waals surface area contributed by atoms with Crippen LogP contribution in [0.15, 0.2) is 36.7 Å². The molecule has 146 valence electrons. The summed E-state index contributed by atoms with van der Waals surface area (Å²) in [6.45, 7) is 1.84. The molecule has 1 atom stereocenters. The van der Waals surface area contributed by atoms with Crippen molar-refractivity contribution in [3.05, 3.63) is 53.1 Å². The lowest BCUT2D eigenvalue weighted by Gasteiger charge is -2.14. The van der Waals surface area contributed by atoms with Crippen LogP contribution in [-0.4, -0.2) is 34.1 Å². The molecule has 3 aromatic rings. The number of phenols is 1. The third-order valence-corrected chi connectivity index (χ3v) is 4.61. The number of fused-ring (bicyclic) bond motifs is 1. The first-order chi connectivity index (χ1) is 13.4. The van der Waals surface area contributed by atoms with Crippen LogP contribution in [0.3, 0.4) is 0 Å². The lowest BCUT2D eigenvalue weighted by molar-refractivity contribution is -0.122. The van der Waals surface area contributed by atoms with Gasteiger partial charge in [0.15, 0.2) is 5.82 Å². The molecule has 1 heterocycles. The molecule has 0 spiro atoms. The maximum atomic E-state index is 14.2. The molecule has 0 aliphatic carbocycles. The van der Waals surface area contributed by atoms with Crippen LogP contribution in [-0.2, 0) is 11.3 Å². The number of benzene rings is 2. The first-order valence-corrected chi connectivity index (χ1v) is 8.91. The van der Waals surface area contributed by atoms with Crippen molar-refractivity contribution in [1.29, 1.82) is 0 Å². The van der Waals surface area contributed by atoms with Crippen molar-refractivity contribution in [3.63, 3.8) is 0 Å². The zero-order valence-electron chi connectivity index (χ0n) is 15.3. The van der Waals surface area contributed by atoms with Crippen LogP contribution in [0, 0.1) is 5.82 Å². The Morgan fingerprint density at radius 1 is 1.32 bits per heavy atom. The summed E-state index contributed by atoms with van der Waals surface area (Å²) in [5.41, 5.74) is 1.11. The first-order valence-electron chi connectivity index (χ1n) is 8.53. The summed E-state index contributed by atoms with van der Waals surface area (Å²) >= 11 is 5.83. The molecule has 4 N–H and O–H groups in total. The molecule has 1 amide bonds. The summed E-state index contributed by atoms with van der Waals surface area (Å²) in [6.07, 6.45) is 1.31. The lowest BCUT2D eigenvalue weighted by Crippen LogP contribution is -2.39. The second-order valence-corrected chi connectivity index (χ2v) is 6.58. The zero-order valence-corrected chi connectivity index (χ0v) is 16.0. The number of anilines is 2. The highest BCUT2D eigenvalue weighted by Crippen LogP contribution is 2.31. The third kappa shape index (κ3) is 4.13. The largest absolute Gasteiger partial charge is 0.508 e. The molecule has 0 aliphatic rings. The number of phenolic OH excluding ortho intramolecular Hbond substituents is 1. The van der Waals surface area contributed by atoms with Gasteiger partial charge in [0.05, 0.1) is 22.3 Å². The van der Waals surface area contributed by atoms with E-state index >= 15 is 0 Å². The summed E-state index contributed by atoms with van der Waals surface area (Å²) in [4.78, 5) is 20.3. The van der Waals surface area contributed by atoms with Crippen LogP contribution < -0.4 is 16.0 Å². The van der Waals surface area contributed by atoms with Crippen molar-refractivity contribution in [3.8, 4) is 5.75 Å². The highest BCUT2D eigenvalue weighted by atomic mass is 35.5. The Kier molecular flexibility index (Phi) is 5.91. The van der Waals surface area contributed by atoms with Gasteiger partial charge >= 0.3 is 0 Å². The predicted molar refractivity (Wildman–Crippen MR) is 106 cm³/mol. The van der Waals surface area contributed by atoms with Crippen LogP contribution in [0.4, 0.5) is 15.9 Å². The maximum absolute atomic E-state index is 14.2. The van der Waals surface area contributed by atoms with Crippen molar-refractivity contribution in [2.75, 3.05) is 12.4 Å². The minimum absolute atomic E-state index is 0.0107. The molecule has 0 saturated heterocycles. The molecule has 3 rings (SSSR count). The molecule has 2 aromatic carbocycles. The molecule has 9 heteroatoms. The molecular formula is C19H19ClFN5O2. The molecule has 0 unspecified atom stereocenters. The molecule has 0 aliphatic heterocycles. The van der Waals surface area contributed by atoms with E-state index in [0.717, 1.165) is 0 Å². The summed E-state index contributed by atoms with van der Waals surface area (Å²) < 4.78 is 14.2. The van der Waals surface area contributed by atoms with Crippen LogP contribution in [0.5, 0.6) is 5.75 Å². The van der Waals surface area contributed by atoms with E-state index in [4.69, 9.17) is 11.6 Å².